The number of hydrogen-bond donors (Lipinski definition) is 0. The molecule has 0 saturated heterocycles. The molecule has 0 amide bonds. The first-order chi connectivity index (χ1) is 13.2. The van der Waals surface area contributed by atoms with Gasteiger partial charge in [0.25, 0.3) is 0 Å². The Bertz CT molecular complexity index is 919. The fraction of sp³-hybridized carbons (Fsp3) is 0.364. The van der Waals surface area contributed by atoms with E-state index in [2.05, 4.69) is 4.90 Å². The first kappa shape index (κ1) is 20.2. The molecule has 1 aliphatic heterocycles. The predicted octanol–water partition coefficient (Wildman–Crippen LogP) is 6.10. The quantitative estimate of drug-likeness (QED) is 0.582. The summed E-state index contributed by atoms with van der Waals surface area (Å²) in [5.41, 5.74) is 1.85. The summed E-state index contributed by atoms with van der Waals surface area (Å²) < 4.78 is 58.1. The van der Waals surface area contributed by atoms with E-state index in [4.69, 9.17) is 4.74 Å². The molecule has 3 rings (SSSR count). The summed E-state index contributed by atoms with van der Waals surface area (Å²) in [5, 5.41) is 0. The SMILES string of the molecule is C/C=C1\N(CC)c2ccc(OC)cc2C1(C)Cc1ccc(C(F)(F)F)c(F)c1. The Hall–Kier alpha value is -2.50. The highest BCUT2D eigenvalue weighted by molar-refractivity contribution is 5.72. The average molecular weight is 393 g/mol. The van der Waals surface area contributed by atoms with E-state index in [0.717, 1.165) is 35.6 Å². The van der Waals surface area contributed by atoms with E-state index in [0.29, 0.717) is 17.7 Å². The highest BCUT2D eigenvalue weighted by Gasteiger charge is 2.43. The summed E-state index contributed by atoms with van der Waals surface area (Å²) >= 11 is 0. The molecule has 2 aromatic carbocycles. The van der Waals surface area contributed by atoms with Gasteiger partial charge in [0.15, 0.2) is 0 Å². The van der Waals surface area contributed by atoms with Gasteiger partial charge in [0.2, 0.25) is 0 Å². The second-order valence-corrected chi connectivity index (χ2v) is 7.12. The van der Waals surface area contributed by atoms with Crippen LogP contribution in [0.15, 0.2) is 48.2 Å². The predicted molar refractivity (Wildman–Crippen MR) is 102 cm³/mol. The summed E-state index contributed by atoms with van der Waals surface area (Å²) in [6.07, 6.45) is -2.32. The smallest absolute Gasteiger partial charge is 0.419 e. The van der Waals surface area contributed by atoms with Crippen LogP contribution < -0.4 is 9.64 Å². The highest BCUT2D eigenvalue weighted by Crippen LogP contribution is 2.50. The molecule has 150 valence electrons. The van der Waals surface area contributed by atoms with Crippen molar-refractivity contribution < 1.29 is 22.3 Å². The van der Waals surface area contributed by atoms with Crippen molar-refractivity contribution in [3.8, 4) is 5.75 Å². The summed E-state index contributed by atoms with van der Waals surface area (Å²) in [4.78, 5) is 2.18. The molecular formula is C22H23F4NO. The third kappa shape index (κ3) is 3.25. The average Bonchev–Trinajstić information content (AvgIpc) is 2.87. The number of anilines is 1. The van der Waals surface area contributed by atoms with Crippen molar-refractivity contribution in [2.75, 3.05) is 18.6 Å². The molecule has 0 aliphatic carbocycles. The van der Waals surface area contributed by atoms with Crippen LogP contribution in [0, 0.1) is 5.82 Å². The molecule has 6 heteroatoms. The minimum atomic E-state index is -4.70. The van der Waals surface area contributed by atoms with Gasteiger partial charge in [-0.15, -0.1) is 0 Å². The molecule has 0 bridgehead atoms. The number of fused-ring (bicyclic) bond motifs is 1. The van der Waals surface area contributed by atoms with E-state index in [1.165, 1.54) is 6.07 Å². The van der Waals surface area contributed by atoms with Crippen molar-refractivity contribution >= 4 is 5.69 Å². The molecule has 0 N–H and O–H groups in total. The van der Waals surface area contributed by atoms with E-state index in [9.17, 15) is 17.6 Å². The van der Waals surface area contributed by atoms with E-state index in [1.54, 1.807) is 7.11 Å². The van der Waals surface area contributed by atoms with Crippen LogP contribution >= 0.6 is 0 Å². The summed E-state index contributed by atoms with van der Waals surface area (Å²) in [7, 11) is 1.59. The van der Waals surface area contributed by atoms with Crippen molar-refractivity contribution in [2.24, 2.45) is 0 Å². The third-order valence-electron chi connectivity index (χ3n) is 5.43. The van der Waals surface area contributed by atoms with E-state index in [1.807, 2.05) is 45.0 Å². The van der Waals surface area contributed by atoms with Crippen LogP contribution in [0.5, 0.6) is 5.75 Å². The van der Waals surface area contributed by atoms with Gasteiger partial charge in [0.1, 0.15) is 11.6 Å². The number of benzene rings is 2. The number of likely N-dealkylation sites (N-methyl/N-ethyl adjacent to an activating group) is 1. The molecular weight excluding hydrogens is 370 g/mol. The zero-order valence-electron chi connectivity index (χ0n) is 16.3. The molecule has 1 atom stereocenters. The van der Waals surface area contributed by atoms with E-state index in [-0.39, 0.29) is 0 Å². The lowest BCUT2D eigenvalue weighted by molar-refractivity contribution is -0.140. The largest absolute Gasteiger partial charge is 0.497 e. The fourth-order valence-electron chi connectivity index (χ4n) is 4.19. The van der Waals surface area contributed by atoms with Gasteiger partial charge < -0.3 is 9.64 Å². The highest BCUT2D eigenvalue weighted by atomic mass is 19.4. The maximum absolute atomic E-state index is 14.1. The molecule has 0 spiro atoms. The zero-order valence-corrected chi connectivity index (χ0v) is 16.3. The number of rotatable bonds is 4. The number of halogens is 4. The van der Waals surface area contributed by atoms with Crippen LogP contribution in [0.4, 0.5) is 23.2 Å². The van der Waals surface area contributed by atoms with Crippen LogP contribution in [0.1, 0.15) is 37.5 Å². The molecule has 0 fully saturated rings. The second-order valence-electron chi connectivity index (χ2n) is 7.12. The maximum Gasteiger partial charge on any atom is 0.419 e. The van der Waals surface area contributed by atoms with Gasteiger partial charge >= 0.3 is 6.18 Å². The van der Waals surface area contributed by atoms with Crippen molar-refractivity contribution in [3.05, 3.63) is 70.7 Å². The molecule has 2 aromatic rings. The van der Waals surface area contributed by atoms with Crippen molar-refractivity contribution in [2.45, 2.75) is 38.8 Å². The molecule has 2 nitrogen and oxygen atoms in total. The summed E-state index contributed by atoms with van der Waals surface area (Å²) in [6, 6.07) is 9.00. The Balaban J connectivity index is 2.09. The number of nitrogens with zero attached hydrogens (tertiary/aromatic N) is 1. The monoisotopic (exact) mass is 393 g/mol. The van der Waals surface area contributed by atoms with Gasteiger partial charge in [-0.3, -0.25) is 0 Å². The second kappa shape index (κ2) is 7.15. The van der Waals surface area contributed by atoms with E-state index >= 15 is 0 Å². The van der Waals surface area contributed by atoms with E-state index < -0.39 is 23.0 Å². The lowest BCUT2D eigenvalue weighted by atomic mass is 9.76. The Morgan fingerprint density at radius 1 is 1.14 bits per heavy atom. The minimum Gasteiger partial charge on any atom is -0.497 e. The Labute approximate surface area is 162 Å². The molecule has 0 aromatic heterocycles. The number of hydrogen-bond acceptors (Lipinski definition) is 2. The minimum absolute atomic E-state index is 0.373. The Morgan fingerprint density at radius 3 is 2.39 bits per heavy atom. The van der Waals surface area contributed by atoms with Gasteiger partial charge in [0.05, 0.1) is 12.7 Å². The summed E-state index contributed by atoms with van der Waals surface area (Å²) in [5.74, 6) is -0.538. The Kier molecular flexibility index (Phi) is 5.17. The molecule has 0 radical (unpaired) electrons. The first-order valence-electron chi connectivity index (χ1n) is 9.14. The molecule has 1 unspecified atom stereocenters. The number of alkyl halides is 3. The van der Waals surface area contributed by atoms with Crippen LogP contribution in [0.25, 0.3) is 0 Å². The number of ether oxygens (including phenoxy) is 1. The summed E-state index contributed by atoms with van der Waals surface area (Å²) in [6.45, 7) is 6.76. The van der Waals surface area contributed by atoms with Crippen LogP contribution in [0.3, 0.4) is 0 Å². The van der Waals surface area contributed by atoms with Crippen molar-refractivity contribution in [1.29, 1.82) is 0 Å². The Morgan fingerprint density at radius 2 is 1.86 bits per heavy atom. The molecule has 1 aliphatic rings. The van der Waals surface area contributed by atoms with Crippen LogP contribution in [0.2, 0.25) is 0 Å². The number of allylic oxidation sites excluding steroid dienone is 2. The third-order valence-corrected chi connectivity index (χ3v) is 5.43. The number of methoxy groups -OCH3 is 1. The van der Waals surface area contributed by atoms with Crippen LogP contribution in [-0.4, -0.2) is 13.7 Å². The lowest BCUT2D eigenvalue weighted by Gasteiger charge is -2.30. The van der Waals surface area contributed by atoms with Crippen molar-refractivity contribution in [1.82, 2.24) is 0 Å². The van der Waals surface area contributed by atoms with Gasteiger partial charge in [-0.05, 0) is 68.7 Å². The first-order valence-corrected chi connectivity index (χ1v) is 9.14. The van der Waals surface area contributed by atoms with Gasteiger partial charge in [-0.25, -0.2) is 4.39 Å². The fourth-order valence-corrected chi connectivity index (χ4v) is 4.19. The van der Waals surface area contributed by atoms with Crippen molar-refractivity contribution in [3.63, 3.8) is 0 Å². The maximum atomic E-state index is 14.1. The van der Waals surface area contributed by atoms with Gasteiger partial charge in [0, 0.05) is 23.3 Å². The van der Waals surface area contributed by atoms with Gasteiger partial charge in [-0.1, -0.05) is 12.1 Å². The van der Waals surface area contributed by atoms with Crippen LogP contribution in [-0.2, 0) is 18.0 Å². The van der Waals surface area contributed by atoms with Gasteiger partial charge in [-0.2, -0.15) is 13.2 Å². The molecule has 28 heavy (non-hydrogen) atoms. The normalized spacial score (nSPS) is 20.6. The molecule has 0 saturated carbocycles. The molecule has 1 heterocycles. The standard InChI is InChI=1S/C22H23F4NO/c1-5-20-21(3,13-14-7-9-16(18(23)11-14)22(24,25)26)17-12-15(28-4)8-10-19(17)27(20)6-2/h5,7-12H,6,13H2,1-4H3/b20-5-. The topological polar surface area (TPSA) is 12.5 Å². The zero-order chi connectivity index (χ0) is 20.7. The lowest BCUT2D eigenvalue weighted by Crippen LogP contribution is -2.30.